The zero-order chi connectivity index (χ0) is 21.3. The van der Waals surface area contributed by atoms with Gasteiger partial charge in [0.1, 0.15) is 24.9 Å². The van der Waals surface area contributed by atoms with E-state index in [1.807, 2.05) is 18.2 Å². The smallest absolute Gasteiger partial charge is 0.414 e. The van der Waals surface area contributed by atoms with E-state index in [0.717, 1.165) is 5.56 Å². The number of imidazole rings is 1. The number of nitrogens with zero attached hydrogens (tertiary/aromatic N) is 3. The fraction of sp³-hybridized carbons (Fsp3) is 0.333. The first kappa shape index (κ1) is 20.0. The Morgan fingerprint density at radius 3 is 2.73 bits per heavy atom. The van der Waals surface area contributed by atoms with Crippen LogP contribution in [0.5, 0.6) is 0 Å². The van der Waals surface area contributed by atoms with Crippen LogP contribution in [0.4, 0.5) is 10.7 Å². The van der Waals surface area contributed by atoms with Gasteiger partial charge in [-0.25, -0.2) is 9.78 Å². The molecular weight excluding hydrogens is 398 g/mol. The van der Waals surface area contributed by atoms with E-state index in [1.54, 1.807) is 12.1 Å². The van der Waals surface area contributed by atoms with Crippen LogP contribution in [0, 0.1) is 0 Å². The molecule has 1 saturated heterocycles. The van der Waals surface area contributed by atoms with Crippen LogP contribution >= 0.6 is 0 Å². The normalized spacial score (nSPS) is 23.6. The number of benzene rings is 1. The lowest BCUT2D eigenvalue weighted by atomic mass is 10.1. The molecule has 1 fully saturated rings. The van der Waals surface area contributed by atoms with E-state index in [1.165, 1.54) is 10.9 Å². The van der Waals surface area contributed by atoms with Crippen molar-refractivity contribution in [3.63, 3.8) is 0 Å². The number of hydrogen-bond donors (Lipinski definition) is 5. The second kappa shape index (κ2) is 8.20. The summed E-state index contributed by atoms with van der Waals surface area (Å²) < 4.78 is 11.8. The van der Waals surface area contributed by atoms with Crippen molar-refractivity contribution in [3.05, 3.63) is 52.6 Å². The molecule has 4 atom stereocenters. The highest BCUT2D eigenvalue weighted by atomic mass is 16.6. The molecule has 0 bridgehead atoms. The molecule has 0 aliphatic carbocycles. The molecule has 4 rings (SSSR count). The van der Waals surface area contributed by atoms with E-state index >= 15 is 0 Å². The monoisotopic (exact) mass is 417 g/mol. The molecule has 0 saturated carbocycles. The van der Waals surface area contributed by atoms with E-state index in [-0.39, 0.29) is 23.7 Å². The molecule has 12 heteroatoms. The van der Waals surface area contributed by atoms with Crippen LogP contribution in [0.2, 0.25) is 0 Å². The molecule has 3 heterocycles. The third-order valence-electron chi connectivity index (χ3n) is 4.66. The van der Waals surface area contributed by atoms with Crippen molar-refractivity contribution in [2.45, 2.75) is 31.1 Å². The first-order valence-corrected chi connectivity index (χ1v) is 9.05. The van der Waals surface area contributed by atoms with Gasteiger partial charge in [0.25, 0.3) is 5.56 Å². The number of aliphatic hydroxyl groups is 3. The van der Waals surface area contributed by atoms with Crippen molar-refractivity contribution >= 4 is 23.2 Å². The Kier molecular flexibility index (Phi) is 5.46. The quantitative estimate of drug-likeness (QED) is 0.366. The van der Waals surface area contributed by atoms with Crippen LogP contribution in [0.15, 0.2) is 41.5 Å². The Bertz CT molecular complexity index is 1100. The van der Waals surface area contributed by atoms with Gasteiger partial charge < -0.3 is 24.8 Å². The van der Waals surface area contributed by atoms with Crippen LogP contribution in [-0.2, 0) is 16.1 Å². The number of rotatable bonds is 5. The largest absolute Gasteiger partial charge is 0.444 e. The maximum Gasteiger partial charge on any atom is 0.414 e. The lowest BCUT2D eigenvalue weighted by Crippen LogP contribution is -2.33. The molecule has 0 radical (unpaired) electrons. The molecule has 1 amide bonds. The minimum Gasteiger partial charge on any atom is -0.444 e. The number of H-pyrrole nitrogens is 1. The molecule has 0 unspecified atom stereocenters. The van der Waals surface area contributed by atoms with Crippen LogP contribution < -0.4 is 10.9 Å². The average molecular weight is 417 g/mol. The summed E-state index contributed by atoms with van der Waals surface area (Å²) in [4.78, 5) is 34.8. The standard InChI is InChI=1S/C18H19N5O7/c24-6-10-12(25)13(26)16(30-10)23-8-19-11-14(23)20-17(21-15(11)27)22-18(28)29-7-9-4-2-1-3-5-9/h1-5,8,10,12-13,16,24-26H,6-7H2,(H2,20,21,22,27,28)/t10-,12-,13-,16-/m1/s1. The molecule has 2 aromatic heterocycles. The third kappa shape index (κ3) is 3.76. The fourth-order valence-corrected chi connectivity index (χ4v) is 3.14. The van der Waals surface area contributed by atoms with Crippen LogP contribution in [0.3, 0.4) is 0 Å². The number of amides is 1. The van der Waals surface area contributed by atoms with Gasteiger partial charge in [0.05, 0.1) is 12.9 Å². The van der Waals surface area contributed by atoms with E-state index in [9.17, 15) is 24.9 Å². The number of hydrogen-bond acceptors (Lipinski definition) is 9. The summed E-state index contributed by atoms with van der Waals surface area (Å²) in [6.07, 6.45) is -4.47. The Morgan fingerprint density at radius 2 is 2.03 bits per heavy atom. The topological polar surface area (TPSA) is 172 Å². The summed E-state index contributed by atoms with van der Waals surface area (Å²) in [6, 6.07) is 9.03. The number of carbonyl (C=O) groups excluding carboxylic acids is 1. The van der Waals surface area contributed by atoms with Crippen molar-refractivity contribution in [1.29, 1.82) is 0 Å². The molecule has 1 aliphatic heterocycles. The molecule has 1 aliphatic rings. The van der Waals surface area contributed by atoms with E-state index in [4.69, 9.17) is 9.47 Å². The highest BCUT2D eigenvalue weighted by Crippen LogP contribution is 2.30. The van der Waals surface area contributed by atoms with Crippen LogP contribution in [-0.4, -0.2) is 65.9 Å². The maximum absolute atomic E-state index is 12.3. The van der Waals surface area contributed by atoms with E-state index < -0.39 is 42.8 Å². The van der Waals surface area contributed by atoms with Crippen LogP contribution in [0.25, 0.3) is 11.2 Å². The predicted octanol–water partition coefficient (Wildman–Crippen LogP) is -0.520. The Labute approximate surface area is 168 Å². The highest BCUT2D eigenvalue weighted by molar-refractivity contribution is 5.83. The molecule has 0 spiro atoms. The first-order valence-electron chi connectivity index (χ1n) is 9.05. The molecule has 158 valence electrons. The number of aliphatic hydroxyl groups excluding tert-OH is 3. The maximum atomic E-state index is 12.3. The lowest BCUT2D eigenvalue weighted by molar-refractivity contribution is -0.0511. The number of fused-ring (bicyclic) bond motifs is 1. The zero-order valence-corrected chi connectivity index (χ0v) is 15.5. The average Bonchev–Trinajstić information content (AvgIpc) is 3.29. The minimum atomic E-state index is -1.38. The van der Waals surface area contributed by atoms with Gasteiger partial charge in [-0.1, -0.05) is 30.3 Å². The first-order chi connectivity index (χ1) is 14.5. The molecule has 12 nitrogen and oxygen atoms in total. The zero-order valence-electron chi connectivity index (χ0n) is 15.5. The van der Waals surface area contributed by atoms with Crippen molar-refractivity contribution in [2.75, 3.05) is 11.9 Å². The van der Waals surface area contributed by atoms with Gasteiger partial charge in [0.15, 0.2) is 17.4 Å². The SMILES string of the molecule is O=C(Nc1nc2c(ncn2[C@@H]2O[C@H](CO)[C@@H](O)[C@H]2O)c(=O)[nH]1)OCc1ccccc1. The van der Waals surface area contributed by atoms with Crippen LogP contribution in [0.1, 0.15) is 11.8 Å². The van der Waals surface area contributed by atoms with E-state index in [0.29, 0.717) is 0 Å². The minimum absolute atomic E-state index is 0.00643. The molecule has 5 N–H and O–H groups in total. The number of anilines is 1. The van der Waals surface area contributed by atoms with Crippen molar-refractivity contribution < 1.29 is 29.6 Å². The molecule has 30 heavy (non-hydrogen) atoms. The van der Waals surface area contributed by atoms with Gasteiger partial charge in [0, 0.05) is 0 Å². The molecular formula is C18H19N5O7. The predicted molar refractivity (Wildman–Crippen MR) is 101 cm³/mol. The number of ether oxygens (including phenoxy) is 2. The van der Waals surface area contributed by atoms with Gasteiger partial charge in [-0.15, -0.1) is 0 Å². The van der Waals surface area contributed by atoms with Crippen molar-refractivity contribution in [3.8, 4) is 0 Å². The lowest BCUT2D eigenvalue weighted by Gasteiger charge is -2.16. The Balaban J connectivity index is 1.55. The Morgan fingerprint density at radius 1 is 1.27 bits per heavy atom. The summed E-state index contributed by atoms with van der Waals surface area (Å²) in [7, 11) is 0. The van der Waals surface area contributed by atoms with Gasteiger partial charge in [0.2, 0.25) is 5.95 Å². The van der Waals surface area contributed by atoms with Gasteiger partial charge in [-0.2, -0.15) is 4.98 Å². The fourth-order valence-electron chi connectivity index (χ4n) is 3.14. The number of carbonyl (C=O) groups is 1. The Hall–Kier alpha value is -3.32. The second-order valence-corrected chi connectivity index (χ2v) is 6.65. The number of nitrogens with one attached hydrogen (secondary N) is 2. The van der Waals surface area contributed by atoms with Gasteiger partial charge in [-0.05, 0) is 5.56 Å². The molecule has 3 aromatic rings. The highest BCUT2D eigenvalue weighted by Gasteiger charge is 2.44. The number of aromatic nitrogens is 4. The summed E-state index contributed by atoms with van der Waals surface area (Å²) in [5.41, 5.74) is 0.0961. The third-order valence-corrected chi connectivity index (χ3v) is 4.66. The summed E-state index contributed by atoms with van der Waals surface area (Å²) in [5.74, 6) is -0.195. The van der Waals surface area contributed by atoms with Gasteiger partial charge >= 0.3 is 6.09 Å². The summed E-state index contributed by atoms with van der Waals surface area (Å²) in [6.45, 7) is -0.477. The molecule has 1 aromatic carbocycles. The summed E-state index contributed by atoms with van der Waals surface area (Å²) >= 11 is 0. The van der Waals surface area contributed by atoms with Crippen molar-refractivity contribution in [2.24, 2.45) is 0 Å². The second-order valence-electron chi connectivity index (χ2n) is 6.65. The summed E-state index contributed by atoms with van der Waals surface area (Å²) in [5, 5.41) is 31.7. The number of aromatic amines is 1. The van der Waals surface area contributed by atoms with Gasteiger partial charge in [-0.3, -0.25) is 19.7 Å². The van der Waals surface area contributed by atoms with Crippen molar-refractivity contribution in [1.82, 2.24) is 19.5 Å². The van der Waals surface area contributed by atoms with E-state index in [2.05, 4.69) is 20.3 Å².